The third kappa shape index (κ3) is 6.56. The molecule has 218 valence electrons. The highest BCUT2D eigenvalue weighted by atomic mass is 16.5. The molecule has 0 saturated carbocycles. The van der Waals surface area contributed by atoms with Gasteiger partial charge in [-0.3, -0.25) is 4.79 Å². The van der Waals surface area contributed by atoms with E-state index in [1.54, 1.807) is 12.1 Å². The smallest absolute Gasteiger partial charge is 0.337 e. The summed E-state index contributed by atoms with van der Waals surface area (Å²) >= 11 is 0. The molecule has 0 radical (unpaired) electrons. The highest BCUT2D eigenvalue weighted by molar-refractivity contribution is 6.00. The molecule has 2 aromatic carbocycles. The van der Waals surface area contributed by atoms with Crippen LogP contribution in [0.4, 0.5) is 0 Å². The van der Waals surface area contributed by atoms with Crippen molar-refractivity contribution in [1.82, 2.24) is 19.4 Å². The third-order valence-corrected chi connectivity index (χ3v) is 8.79. The van der Waals surface area contributed by atoms with E-state index >= 15 is 0 Å². The van der Waals surface area contributed by atoms with Gasteiger partial charge in [0.15, 0.2) is 0 Å². The number of rotatable bonds is 10. The Morgan fingerprint density at radius 2 is 1.66 bits per heavy atom. The Kier molecular flexibility index (Phi) is 9.55. The number of piperidine rings is 1. The molecule has 7 heteroatoms. The predicted octanol–water partition coefficient (Wildman–Crippen LogP) is 6.36. The number of likely N-dealkylation sites (tertiary alicyclic amines) is 2. The highest BCUT2D eigenvalue weighted by Gasteiger charge is 2.32. The topological polar surface area (TPSA) is 67.7 Å². The normalized spacial score (nSPS) is 16.3. The first-order valence-electron chi connectivity index (χ1n) is 15.4. The lowest BCUT2D eigenvalue weighted by molar-refractivity contribution is 0.0599. The Hall–Kier alpha value is -3.45. The van der Waals surface area contributed by atoms with Crippen molar-refractivity contribution < 1.29 is 14.3 Å². The van der Waals surface area contributed by atoms with Crippen LogP contribution >= 0.6 is 0 Å². The van der Waals surface area contributed by atoms with Crippen LogP contribution in [0.1, 0.15) is 84.7 Å². The van der Waals surface area contributed by atoms with E-state index in [9.17, 15) is 9.59 Å². The predicted molar refractivity (Wildman–Crippen MR) is 163 cm³/mol. The number of amides is 1. The Morgan fingerprint density at radius 3 is 2.34 bits per heavy atom. The largest absolute Gasteiger partial charge is 0.465 e. The molecule has 2 saturated heterocycles. The monoisotopic (exact) mass is 556 g/mol. The van der Waals surface area contributed by atoms with Gasteiger partial charge < -0.3 is 19.1 Å². The Morgan fingerprint density at radius 1 is 0.927 bits per heavy atom. The van der Waals surface area contributed by atoms with Gasteiger partial charge in [0.1, 0.15) is 17.2 Å². The van der Waals surface area contributed by atoms with Crippen molar-refractivity contribution in [2.24, 2.45) is 7.05 Å². The minimum atomic E-state index is -0.383. The lowest BCUT2D eigenvalue weighted by Gasteiger charge is -2.36. The number of carbonyl (C=O) groups excluding carboxylic acids is 2. The molecule has 0 N–H and O–H groups in total. The number of aromatic nitrogens is 2. The number of hydrogen-bond donors (Lipinski definition) is 0. The van der Waals surface area contributed by atoms with Gasteiger partial charge in [0.25, 0.3) is 5.91 Å². The van der Waals surface area contributed by atoms with E-state index < -0.39 is 0 Å². The minimum Gasteiger partial charge on any atom is -0.465 e. The van der Waals surface area contributed by atoms with Crippen molar-refractivity contribution >= 4 is 11.9 Å². The number of esters is 1. The standard InChI is InChI=1S/C34H44N4O3/c1-4-5-6-7-11-25-12-10-13-28(24-25)32-35-30(26-14-16-27(17-15-26)34(40)41-3)31(36(32)2)33(39)38-22-18-29(19-23-38)37-20-8-9-21-37/h10,12-17,24,29H,4-9,11,18-23H2,1-3H3. The number of ether oxygens (including phenoxy) is 1. The molecule has 1 aromatic heterocycles. The van der Waals surface area contributed by atoms with Crippen LogP contribution in [0.25, 0.3) is 22.6 Å². The molecule has 2 aliphatic heterocycles. The molecular formula is C34H44N4O3. The quantitative estimate of drug-likeness (QED) is 0.215. The summed E-state index contributed by atoms with van der Waals surface area (Å²) in [6.07, 6.45) is 10.5. The Labute approximate surface area is 244 Å². The van der Waals surface area contributed by atoms with E-state index in [4.69, 9.17) is 9.72 Å². The van der Waals surface area contributed by atoms with Crippen LogP contribution in [0.2, 0.25) is 0 Å². The fourth-order valence-electron chi connectivity index (χ4n) is 6.40. The number of aryl methyl sites for hydroxylation is 1. The van der Waals surface area contributed by atoms with E-state index in [1.165, 1.54) is 64.3 Å². The van der Waals surface area contributed by atoms with Gasteiger partial charge in [-0.1, -0.05) is 56.5 Å². The number of imidazole rings is 1. The van der Waals surface area contributed by atoms with Crippen molar-refractivity contribution in [1.29, 1.82) is 0 Å². The first-order valence-corrected chi connectivity index (χ1v) is 15.4. The van der Waals surface area contributed by atoms with Crippen molar-refractivity contribution in [3.8, 4) is 22.6 Å². The second-order valence-corrected chi connectivity index (χ2v) is 11.5. The molecule has 0 atom stereocenters. The first-order chi connectivity index (χ1) is 20.0. The van der Waals surface area contributed by atoms with Crippen LogP contribution in [0.5, 0.6) is 0 Å². The zero-order valence-corrected chi connectivity index (χ0v) is 24.9. The lowest BCUT2D eigenvalue weighted by Crippen LogP contribution is -2.46. The Bertz CT molecular complexity index is 1330. The number of carbonyl (C=O) groups is 2. The maximum atomic E-state index is 14.2. The zero-order chi connectivity index (χ0) is 28.8. The summed E-state index contributed by atoms with van der Waals surface area (Å²) in [5.74, 6) is 0.419. The minimum absolute atomic E-state index is 0.0221. The van der Waals surface area contributed by atoms with Gasteiger partial charge in [-0.15, -0.1) is 0 Å². The van der Waals surface area contributed by atoms with Crippen LogP contribution in [0.15, 0.2) is 48.5 Å². The average Bonchev–Trinajstić information content (AvgIpc) is 3.67. The lowest BCUT2D eigenvalue weighted by atomic mass is 10.0. The van der Waals surface area contributed by atoms with Crippen LogP contribution in [0.3, 0.4) is 0 Å². The molecule has 1 amide bonds. The number of benzene rings is 2. The fourth-order valence-corrected chi connectivity index (χ4v) is 6.40. The van der Waals surface area contributed by atoms with Gasteiger partial charge in [0.2, 0.25) is 0 Å². The highest BCUT2D eigenvalue weighted by Crippen LogP contribution is 2.32. The molecule has 41 heavy (non-hydrogen) atoms. The fraction of sp³-hybridized carbons (Fsp3) is 0.500. The van der Waals surface area contributed by atoms with Gasteiger partial charge in [0.05, 0.1) is 12.7 Å². The van der Waals surface area contributed by atoms with Gasteiger partial charge in [-0.05, 0) is 75.4 Å². The summed E-state index contributed by atoms with van der Waals surface area (Å²) in [6.45, 7) is 6.13. The van der Waals surface area contributed by atoms with E-state index in [-0.39, 0.29) is 11.9 Å². The van der Waals surface area contributed by atoms with E-state index in [0.717, 1.165) is 49.3 Å². The number of methoxy groups -OCH3 is 1. The second-order valence-electron chi connectivity index (χ2n) is 11.5. The summed E-state index contributed by atoms with van der Waals surface area (Å²) in [6, 6.07) is 16.3. The molecule has 5 rings (SSSR count). The SMILES string of the molecule is CCCCCCc1cccc(-c2nc(-c3ccc(C(=O)OC)cc3)c(C(=O)N3CCC(N4CCCC4)CC3)n2C)c1. The number of nitrogens with zero attached hydrogens (tertiary/aromatic N) is 4. The zero-order valence-electron chi connectivity index (χ0n) is 24.9. The van der Waals surface area contributed by atoms with E-state index in [1.807, 2.05) is 28.6 Å². The van der Waals surface area contributed by atoms with Gasteiger partial charge in [-0.25, -0.2) is 9.78 Å². The first kappa shape index (κ1) is 29.1. The van der Waals surface area contributed by atoms with Gasteiger partial charge in [0, 0.05) is 37.3 Å². The molecule has 7 nitrogen and oxygen atoms in total. The second kappa shape index (κ2) is 13.5. The van der Waals surface area contributed by atoms with Crippen molar-refractivity contribution in [3.63, 3.8) is 0 Å². The average molecular weight is 557 g/mol. The molecule has 0 unspecified atom stereocenters. The van der Waals surface area contributed by atoms with Gasteiger partial charge >= 0.3 is 5.97 Å². The summed E-state index contributed by atoms with van der Waals surface area (Å²) in [5.41, 5.74) is 4.84. The molecule has 0 aliphatic carbocycles. The number of unbranched alkanes of at least 4 members (excludes halogenated alkanes) is 3. The maximum Gasteiger partial charge on any atom is 0.337 e. The van der Waals surface area contributed by atoms with Crippen molar-refractivity contribution in [2.45, 2.75) is 70.8 Å². The maximum absolute atomic E-state index is 14.2. The van der Waals surface area contributed by atoms with Crippen LogP contribution < -0.4 is 0 Å². The summed E-state index contributed by atoms with van der Waals surface area (Å²) < 4.78 is 6.85. The molecule has 0 bridgehead atoms. The Balaban J connectivity index is 1.45. The third-order valence-electron chi connectivity index (χ3n) is 8.79. The molecule has 3 heterocycles. The summed E-state index contributed by atoms with van der Waals surface area (Å²) in [5, 5.41) is 0. The number of hydrogen-bond acceptors (Lipinski definition) is 5. The van der Waals surface area contributed by atoms with Crippen molar-refractivity contribution in [2.75, 3.05) is 33.3 Å². The molecule has 2 aliphatic rings. The van der Waals surface area contributed by atoms with E-state index in [2.05, 4.69) is 36.1 Å². The van der Waals surface area contributed by atoms with Crippen LogP contribution in [0, 0.1) is 0 Å². The molecule has 2 fully saturated rings. The molecule has 3 aromatic rings. The van der Waals surface area contributed by atoms with Crippen LogP contribution in [-0.4, -0.2) is 70.6 Å². The molecule has 0 spiro atoms. The van der Waals surface area contributed by atoms with Gasteiger partial charge in [-0.2, -0.15) is 0 Å². The molecular weight excluding hydrogens is 512 g/mol. The van der Waals surface area contributed by atoms with E-state index in [0.29, 0.717) is 23.0 Å². The summed E-state index contributed by atoms with van der Waals surface area (Å²) in [4.78, 5) is 35.9. The van der Waals surface area contributed by atoms with Crippen LogP contribution in [-0.2, 0) is 18.2 Å². The summed E-state index contributed by atoms with van der Waals surface area (Å²) in [7, 11) is 3.33. The van der Waals surface area contributed by atoms with Crippen molar-refractivity contribution in [3.05, 3.63) is 65.4 Å².